The molecule has 0 amide bonds. The van der Waals surface area contributed by atoms with Crippen molar-refractivity contribution < 1.29 is 4.39 Å². The molecule has 1 fully saturated rings. The van der Waals surface area contributed by atoms with Gasteiger partial charge in [0, 0.05) is 17.7 Å². The quantitative estimate of drug-likeness (QED) is 0.662. The molecule has 0 aliphatic carbocycles. The Bertz CT molecular complexity index is 511. The maximum atomic E-state index is 14.1. The minimum atomic E-state index is -0.263. The van der Waals surface area contributed by atoms with Gasteiger partial charge in [0.05, 0.1) is 0 Å². The Morgan fingerprint density at radius 2 is 1.95 bits per heavy atom. The second-order valence-electron chi connectivity index (χ2n) is 7.14. The molecule has 0 aromatic heterocycles. The predicted octanol–water partition coefficient (Wildman–Crippen LogP) is 3.37. The number of nitrogens with one attached hydrogen (secondary N) is 1. The first-order valence-electron chi connectivity index (χ1n) is 7.62. The van der Waals surface area contributed by atoms with Crippen molar-refractivity contribution in [1.29, 1.82) is 5.41 Å². The van der Waals surface area contributed by atoms with Gasteiger partial charge in [0.2, 0.25) is 0 Å². The lowest BCUT2D eigenvalue weighted by molar-refractivity contribution is 0.107. The highest BCUT2D eigenvalue weighted by atomic mass is 19.1. The molecule has 0 radical (unpaired) electrons. The summed E-state index contributed by atoms with van der Waals surface area (Å²) in [6, 6.07) is 4.84. The summed E-state index contributed by atoms with van der Waals surface area (Å²) in [5.41, 5.74) is 6.88. The van der Waals surface area contributed by atoms with Crippen molar-refractivity contribution in [2.75, 3.05) is 13.1 Å². The molecule has 0 atom stereocenters. The van der Waals surface area contributed by atoms with Crippen molar-refractivity contribution >= 4 is 5.84 Å². The largest absolute Gasteiger partial charge is 0.384 e. The standard InChI is InChI=1S/C17H26FN3/c1-17(2,3)14-6-8-21(9-7-14)11-13-5-4-12(16(19)20)10-15(13)18/h4-5,10,14H,6-9,11H2,1-3H3,(H3,19,20). The highest BCUT2D eigenvalue weighted by Gasteiger charge is 2.28. The van der Waals surface area contributed by atoms with Crippen LogP contribution in [0.5, 0.6) is 0 Å². The number of hydrogen-bond acceptors (Lipinski definition) is 2. The second-order valence-corrected chi connectivity index (χ2v) is 7.14. The van der Waals surface area contributed by atoms with E-state index in [2.05, 4.69) is 25.7 Å². The number of halogens is 1. The molecule has 0 saturated carbocycles. The summed E-state index contributed by atoms with van der Waals surface area (Å²) in [6.45, 7) is 9.58. The maximum absolute atomic E-state index is 14.1. The zero-order valence-electron chi connectivity index (χ0n) is 13.2. The van der Waals surface area contributed by atoms with Gasteiger partial charge in [0.1, 0.15) is 11.7 Å². The molecular weight excluding hydrogens is 265 g/mol. The van der Waals surface area contributed by atoms with Crippen LogP contribution in [-0.2, 0) is 6.54 Å². The SMILES string of the molecule is CC(C)(C)C1CCN(Cc2ccc(C(=N)N)cc2F)CC1. The molecule has 4 heteroatoms. The molecule has 0 spiro atoms. The molecule has 1 aromatic carbocycles. The fourth-order valence-electron chi connectivity index (χ4n) is 3.04. The number of nitrogen functional groups attached to an aromatic ring is 1. The Kier molecular flexibility index (Phi) is 4.67. The summed E-state index contributed by atoms with van der Waals surface area (Å²) in [5, 5.41) is 7.34. The number of nitrogens with zero attached hydrogens (tertiary/aromatic N) is 1. The highest BCUT2D eigenvalue weighted by molar-refractivity contribution is 5.94. The second kappa shape index (κ2) is 6.14. The van der Waals surface area contributed by atoms with Gasteiger partial charge < -0.3 is 5.73 Å². The monoisotopic (exact) mass is 291 g/mol. The third kappa shape index (κ3) is 4.03. The fraction of sp³-hybridized carbons (Fsp3) is 0.588. The van der Waals surface area contributed by atoms with Crippen molar-refractivity contribution in [3.05, 3.63) is 35.1 Å². The van der Waals surface area contributed by atoms with Crippen LogP contribution in [0.1, 0.15) is 44.7 Å². The Hall–Kier alpha value is -1.42. The van der Waals surface area contributed by atoms with Crippen LogP contribution < -0.4 is 5.73 Å². The molecular formula is C17H26FN3. The Morgan fingerprint density at radius 3 is 2.43 bits per heavy atom. The summed E-state index contributed by atoms with van der Waals surface area (Å²) in [5.74, 6) is 0.394. The Labute approximate surface area is 126 Å². The summed E-state index contributed by atoms with van der Waals surface area (Å²) in [6.07, 6.45) is 2.35. The lowest BCUT2D eigenvalue weighted by Crippen LogP contribution is -2.37. The Morgan fingerprint density at radius 1 is 1.33 bits per heavy atom. The van der Waals surface area contributed by atoms with E-state index in [1.54, 1.807) is 12.1 Å². The van der Waals surface area contributed by atoms with E-state index < -0.39 is 0 Å². The van der Waals surface area contributed by atoms with Crippen LogP contribution in [0.25, 0.3) is 0 Å². The number of nitrogens with two attached hydrogens (primary N) is 1. The van der Waals surface area contributed by atoms with Crippen LogP contribution in [-0.4, -0.2) is 23.8 Å². The smallest absolute Gasteiger partial charge is 0.128 e. The van der Waals surface area contributed by atoms with Gasteiger partial charge in [-0.15, -0.1) is 0 Å². The normalized spacial score (nSPS) is 17.9. The first-order chi connectivity index (χ1) is 9.77. The molecule has 0 unspecified atom stereocenters. The van der Waals surface area contributed by atoms with Crippen molar-refractivity contribution in [3.8, 4) is 0 Å². The minimum Gasteiger partial charge on any atom is -0.384 e. The summed E-state index contributed by atoms with van der Waals surface area (Å²) in [4.78, 5) is 2.31. The van der Waals surface area contributed by atoms with Crippen LogP contribution in [0.4, 0.5) is 4.39 Å². The van der Waals surface area contributed by atoms with Crippen LogP contribution in [0, 0.1) is 22.6 Å². The first kappa shape index (κ1) is 16.0. The van der Waals surface area contributed by atoms with Gasteiger partial charge >= 0.3 is 0 Å². The van der Waals surface area contributed by atoms with E-state index in [0.717, 1.165) is 19.0 Å². The average Bonchev–Trinajstić information content (AvgIpc) is 2.40. The summed E-state index contributed by atoms with van der Waals surface area (Å²) in [7, 11) is 0. The molecule has 116 valence electrons. The van der Waals surface area contributed by atoms with E-state index in [1.807, 2.05) is 0 Å². The van der Waals surface area contributed by atoms with E-state index >= 15 is 0 Å². The maximum Gasteiger partial charge on any atom is 0.128 e. The van der Waals surface area contributed by atoms with Gasteiger partial charge in [-0.2, -0.15) is 0 Å². The predicted molar refractivity (Wildman–Crippen MR) is 84.9 cm³/mol. The number of likely N-dealkylation sites (tertiary alicyclic amines) is 1. The van der Waals surface area contributed by atoms with Gasteiger partial charge in [-0.05, 0) is 43.3 Å². The van der Waals surface area contributed by atoms with E-state index in [0.29, 0.717) is 23.1 Å². The molecule has 1 saturated heterocycles. The van der Waals surface area contributed by atoms with Crippen molar-refractivity contribution in [2.24, 2.45) is 17.1 Å². The van der Waals surface area contributed by atoms with Crippen molar-refractivity contribution in [1.82, 2.24) is 4.90 Å². The highest BCUT2D eigenvalue weighted by Crippen LogP contribution is 2.34. The average molecular weight is 291 g/mol. The van der Waals surface area contributed by atoms with Crippen LogP contribution >= 0.6 is 0 Å². The molecule has 1 heterocycles. The topological polar surface area (TPSA) is 53.1 Å². The van der Waals surface area contributed by atoms with Gasteiger partial charge in [0.15, 0.2) is 0 Å². The third-order valence-electron chi connectivity index (χ3n) is 4.57. The van der Waals surface area contributed by atoms with E-state index in [9.17, 15) is 4.39 Å². The van der Waals surface area contributed by atoms with Crippen molar-refractivity contribution in [2.45, 2.75) is 40.2 Å². The molecule has 3 nitrogen and oxygen atoms in total. The lowest BCUT2D eigenvalue weighted by Gasteiger charge is -2.38. The lowest BCUT2D eigenvalue weighted by atomic mass is 9.75. The first-order valence-corrected chi connectivity index (χ1v) is 7.62. The number of benzene rings is 1. The number of piperidine rings is 1. The van der Waals surface area contributed by atoms with E-state index in [1.165, 1.54) is 18.9 Å². The van der Waals surface area contributed by atoms with Gasteiger partial charge in [-0.3, -0.25) is 10.3 Å². The molecule has 21 heavy (non-hydrogen) atoms. The molecule has 1 aromatic rings. The Balaban J connectivity index is 1.96. The van der Waals surface area contributed by atoms with Crippen LogP contribution in [0.3, 0.4) is 0 Å². The van der Waals surface area contributed by atoms with Crippen LogP contribution in [0.15, 0.2) is 18.2 Å². The minimum absolute atomic E-state index is 0.0913. The van der Waals surface area contributed by atoms with E-state index in [4.69, 9.17) is 11.1 Å². The molecule has 1 aliphatic rings. The fourth-order valence-corrected chi connectivity index (χ4v) is 3.04. The van der Waals surface area contributed by atoms with Crippen LogP contribution in [0.2, 0.25) is 0 Å². The molecule has 2 rings (SSSR count). The van der Waals surface area contributed by atoms with Gasteiger partial charge in [-0.1, -0.05) is 32.9 Å². The number of rotatable bonds is 3. The third-order valence-corrected chi connectivity index (χ3v) is 4.57. The van der Waals surface area contributed by atoms with Crippen molar-refractivity contribution in [3.63, 3.8) is 0 Å². The summed E-state index contributed by atoms with van der Waals surface area (Å²) < 4.78 is 14.1. The molecule has 0 bridgehead atoms. The zero-order chi connectivity index (χ0) is 15.6. The molecule has 1 aliphatic heterocycles. The number of amidine groups is 1. The summed E-state index contributed by atoms with van der Waals surface area (Å²) >= 11 is 0. The van der Waals surface area contributed by atoms with Gasteiger partial charge in [-0.25, -0.2) is 4.39 Å². The molecule has 3 N–H and O–H groups in total. The number of hydrogen-bond donors (Lipinski definition) is 2. The van der Waals surface area contributed by atoms with E-state index in [-0.39, 0.29) is 11.7 Å². The van der Waals surface area contributed by atoms with Gasteiger partial charge in [0.25, 0.3) is 0 Å². The zero-order valence-corrected chi connectivity index (χ0v) is 13.2.